The summed E-state index contributed by atoms with van der Waals surface area (Å²) < 4.78 is 0. The molecule has 158 valence electrons. The maximum Gasteiger partial charge on any atom is 0.309 e. The van der Waals surface area contributed by atoms with Gasteiger partial charge in [-0.2, -0.15) is 0 Å². The Hall–Kier alpha value is -2.36. The molecule has 5 rings (SSSR count). The number of rotatable bonds is 2. The molecule has 1 aromatic carbocycles. The van der Waals surface area contributed by atoms with Crippen LogP contribution in [0, 0.1) is 34.5 Å². The molecule has 0 amide bonds. The normalized spacial score (nSPS) is 41.0. The standard InChI is InChI=1S/C26H31NO3/c1-25-13-6-5-7-16(25)10-11-17-19(25)12-14-26(2,24(29)30)20(17)15-22-23(28)18-8-3-4-9-21(18)27-22/h3-6,8-9,15-17,19-20,27H,7,10-14H2,1-2H3,(H,29,30)/b22-15+. The van der Waals surface area contributed by atoms with E-state index in [1.54, 1.807) is 0 Å². The first-order chi connectivity index (χ1) is 14.3. The van der Waals surface area contributed by atoms with E-state index < -0.39 is 11.4 Å². The Bertz CT molecular complexity index is 963. The molecule has 1 heterocycles. The van der Waals surface area contributed by atoms with Crippen molar-refractivity contribution >= 4 is 17.4 Å². The van der Waals surface area contributed by atoms with E-state index in [9.17, 15) is 14.7 Å². The van der Waals surface area contributed by atoms with E-state index in [2.05, 4.69) is 24.4 Å². The van der Waals surface area contributed by atoms with Crippen molar-refractivity contribution in [2.45, 2.75) is 52.4 Å². The second-order valence-electron chi connectivity index (χ2n) is 10.3. The highest BCUT2D eigenvalue weighted by Gasteiger charge is 2.57. The maximum atomic E-state index is 13.0. The molecule has 0 aromatic heterocycles. The number of hydrogen-bond acceptors (Lipinski definition) is 3. The van der Waals surface area contributed by atoms with Crippen LogP contribution in [-0.2, 0) is 4.79 Å². The number of allylic oxidation sites excluding steroid dienone is 4. The van der Waals surface area contributed by atoms with E-state index in [0.29, 0.717) is 35.4 Å². The summed E-state index contributed by atoms with van der Waals surface area (Å²) in [5.41, 5.74) is 1.47. The van der Waals surface area contributed by atoms with Gasteiger partial charge in [-0.15, -0.1) is 0 Å². The van der Waals surface area contributed by atoms with Gasteiger partial charge in [0.1, 0.15) is 0 Å². The molecular weight excluding hydrogens is 374 g/mol. The molecule has 4 heteroatoms. The molecule has 4 nitrogen and oxygen atoms in total. The number of carboxylic acids is 1. The van der Waals surface area contributed by atoms with Crippen molar-refractivity contribution in [3.05, 3.63) is 53.8 Å². The van der Waals surface area contributed by atoms with Crippen LogP contribution in [0.1, 0.15) is 62.7 Å². The molecule has 2 fully saturated rings. The van der Waals surface area contributed by atoms with Gasteiger partial charge in [0.2, 0.25) is 5.78 Å². The molecular formula is C26H31NO3. The molecule has 30 heavy (non-hydrogen) atoms. The quantitative estimate of drug-likeness (QED) is 0.491. The summed E-state index contributed by atoms with van der Waals surface area (Å²) in [6.07, 6.45) is 12.7. The molecule has 0 saturated heterocycles. The van der Waals surface area contributed by atoms with E-state index >= 15 is 0 Å². The summed E-state index contributed by atoms with van der Waals surface area (Å²) in [5.74, 6) is 0.621. The first kappa shape index (κ1) is 19.6. The number of carbonyl (C=O) groups excluding carboxylic acids is 1. The van der Waals surface area contributed by atoms with E-state index in [0.717, 1.165) is 37.8 Å². The summed E-state index contributed by atoms with van der Waals surface area (Å²) in [5, 5.41) is 13.5. The van der Waals surface area contributed by atoms with Gasteiger partial charge in [0.25, 0.3) is 0 Å². The Morgan fingerprint density at radius 2 is 1.97 bits per heavy atom. The van der Waals surface area contributed by atoms with Crippen LogP contribution in [0.15, 0.2) is 48.2 Å². The van der Waals surface area contributed by atoms with Crippen molar-refractivity contribution in [3.8, 4) is 0 Å². The highest BCUT2D eigenvalue weighted by molar-refractivity contribution is 6.18. The SMILES string of the molecule is CC1(C(=O)O)CCC2C(CCC3CC=CCC32C)C1/C=C1/Nc2ccccc2C1=O. The van der Waals surface area contributed by atoms with Gasteiger partial charge in [-0.1, -0.05) is 37.3 Å². The fourth-order valence-corrected chi connectivity index (χ4v) is 7.08. The van der Waals surface area contributed by atoms with Crippen molar-refractivity contribution in [3.63, 3.8) is 0 Å². The van der Waals surface area contributed by atoms with Crippen LogP contribution in [0.4, 0.5) is 5.69 Å². The van der Waals surface area contributed by atoms with Crippen LogP contribution < -0.4 is 5.32 Å². The zero-order valence-corrected chi connectivity index (χ0v) is 17.9. The molecule has 2 saturated carbocycles. The fourth-order valence-electron chi connectivity index (χ4n) is 7.08. The summed E-state index contributed by atoms with van der Waals surface area (Å²) in [6.45, 7) is 4.33. The average Bonchev–Trinajstić information content (AvgIpc) is 3.05. The minimum Gasteiger partial charge on any atom is -0.481 e. The molecule has 6 unspecified atom stereocenters. The van der Waals surface area contributed by atoms with Crippen molar-refractivity contribution in [1.82, 2.24) is 0 Å². The largest absolute Gasteiger partial charge is 0.481 e. The highest BCUT2D eigenvalue weighted by Crippen LogP contribution is 2.62. The lowest BCUT2D eigenvalue weighted by molar-refractivity contribution is -0.161. The van der Waals surface area contributed by atoms with E-state index in [1.807, 2.05) is 37.3 Å². The number of nitrogens with one attached hydrogen (secondary N) is 1. The number of Topliss-reactive ketones (excluding diaryl/α,β-unsaturated/α-hetero) is 1. The Morgan fingerprint density at radius 3 is 2.73 bits per heavy atom. The fraction of sp³-hybridized carbons (Fsp3) is 0.538. The minimum absolute atomic E-state index is 0.0130. The Balaban J connectivity index is 1.55. The van der Waals surface area contributed by atoms with Gasteiger partial charge in [-0.05, 0) is 86.7 Å². The Morgan fingerprint density at radius 1 is 1.17 bits per heavy atom. The Kier molecular flexibility index (Phi) is 4.46. The lowest BCUT2D eigenvalue weighted by atomic mass is 9.45. The number of ketones is 1. The van der Waals surface area contributed by atoms with Crippen LogP contribution in [0.2, 0.25) is 0 Å². The van der Waals surface area contributed by atoms with E-state index in [1.165, 1.54) is 0 Å². The molecule has 1 aliphatic heterocycles. The molecule has 1 aromatic rings. The number of para-hydroxylation sites is 1. The molecule has 3 aliphatic carbocycles. The predicted molar refractivity (Wildman–Crippen MR) is 117 cm³/mol. The molecule has 0 spiro atoms. The number of benzene rings is 1. The molecule has 4 aliphatic rings. The van der Waals surface area contributed by atoms with Crippen molar-refractivity contribution in [1.29, 1.82) is 0 Å². The van der Waals surface area contributed by atoms with Gasteiger partial charge in [-0.25, -0.2) is 0 Å². The number of aliphatic carboxylic acids is 1. The molecule has 6 atom stereocenters. The third-order valence-corrected chi connectivity index (χ3v) is 8.98. The minimum atomic E-state index is -0.835. The lowest BCUT2D eigenvalue weighted by Crippen LogP contribution is -2.54. The van der Waals surface area contributed by atoms with Gasteiger partial charge in [0.05, 0.1) is 11.1 Å². The van der Waals surface area contributed by atoms with Crippen LogP contribution in [-0.4, -0.2) is 16.9 Å². The number of hydrogen-bond donors (Lipinski definition) is 2. The lowest BCUT2D eigenvalue weighted by Gasteiger charge is -2.59. The highest BCUT2D eigenvalue weighted by atomic mass is 16.4. The molecule has 0 bridgehead atoms. The second-order valence-corrected chi connectivity index (χ2v) is 10.3. The van der Waals surface area contributed by atoms with Crippen molar-refractivity contribution < 1.29 is 14.7 Å². The molecule has 0 radical (unpaired) electrons. The second kappa shape index (κ2) is 6.83. The van der Waals surface area contributed by atoms with Gasteiger partial charge >= 0.3 is 5.97 Å². The summed E-state index contributed by atoms with van der Waals surface area (Å²) in [6, 6.07) is 7.54. The van der Waals surface area contributed by atoms with Crippen LogP contribution in [0.5, 0.6) is 0 Å². The third-order valence-electron chi connectivity index (χ3n) is 8.98. The van der Waals surface area contributed by atoms with Gasteiger partial charge in [0, 0.05) is 11.3 Å². The first-order valence-electron chi connectivity index (χ1n) is 11.4. The molecule has 2 N–H and O–H groups in total. The number of anilines is 1. The van der Waals surface area contributed by atoms with Gasteiger partial charge < -0.3 is 10.4 Å². The van der Waals surface area contributed by atoms with Crippen molar-refractivity contribution in [2.24, 2.45) is 34.5 Å². The van der Waals surface area contributed by atoms with Gasteiger partial charge in [0.15, 0.2) is 0 Å². The van der Waals surface area contributed by atoms with Crippen molar-refractivity contribution in [2.75, 3.05) is 5.32 Å². The van der Waals surface area contributed by atoms with Gasteiger partial charge in [-0.3, -0.25) is 9.59 Å². The number of fused-ring (bicyclic) bond motifs is 4. The topological polar surface area (TPSA) is 66.4 Å². The van der Waals surface area contributed by atoms with E-state index in [-0.39, 0.29) is 17.1 Å². The monoisotopic (exact) mass is 405 g/mol. The first-order valence-corrected chi connectivity index (χ1v) is 11.4. The number of carboxylic acid groups (broad SMARTS) is 1. The summed E-state index contributed by atoms with van der Waals surface area (Å²) in [4.78, 5) is 25.5. The van der Waals surface area contributed by atoms with Crippen LogP contribution in [0.3, 0.4) is 0 Å². The predicted octanol–water partition coefficient (Wildman–Crippen LogP) is 5.68. The summed E-state index contributed by atoms with van der Waals surface area (Å²) in [7, 11) is 0. The Labute approximate surface area is 178 Å². The average molecular weight is 406 g/mol. The zero-order chi connectivity index (χ0) is 21.1. The van der Waals surface area contributed by atoms with Crippen LogP contribution in [0.25, 0.3) is 0 Å². The third kappa shape index (κ3) is 2.72. The zero-order valence-electron chi connectivity index (χ0n) is 17.9. The summed E-state index contributed by atoms with van der Waals surface area (Å²) >= 11 is 0. The van der Waals surface area contributed by atoms with E-state index in [4.69, 9.17) is 0 Å². The smallest absolute Gasteiger partial charge is 0.309 e. The number of carbonyl (C=O) groups is 2. The maximum absolute atomic E-state index is 13.0. The van der Waals surface area contributed by atoms with Crippen LogP contribution >= 0.6 is 0 Å².